The van der Waals surface area contributed by atoms with Gasteiger partial charge >= 0.3 is 6.09 Å². The highest BCUT2D eigenvalue weighted by Crippen LogP contribution is 2.31. The van der Waals surface area contributed by atoms with E-state index in [9.17, 15) is 9.59 Å². The first-order chi connectivity index (χ1) is 7.19. The van der Waals surface area contributed by atoms with Crippen molar-refractivity contribution in [2.24, 2.45) is 0 Å². The normalized spacial score (nSPS) is 24.3. The van der Waals surface area contributed by atoms with Crippen molar-refractivity contribution in [2.75, 3.05) is 0 Å². The molecule has 0 atom stereocenters. The lowest BCUT2D eigenvalue weighted by atomic mass is 9.87. The molecule has 1 amide bonds. The number of carboxylic acid groups (broad SMARTS) is 1. The van der Waals surface area contributed by atoms with E-state index in [1.165, 1.54) is 0 Å². The van der Waals surface area contributed by atoms with Crippen molar-refractivity contribution in [2.45, 2.75) is 24.9 Å². The summed E-state index contributed by atoms with van der Waals surface area (Å²) in [5.41, 5.74) is 0.407. The number of nitrogens with one attached hydrogen (secondary N) is 1. The standard InChI is InChI=1S/C9H11N3O3/c13-5-6-1-2-12(11-6)8-3-7(4-8)10-9(14)15/h1-2,5,7-8,10H,3-4H2,(H,14,15)/t7-,8-. The maximum Gasteiger partial charge on any atom is 0.404 e. The quantitative estimate of drug-likeness (QED) is 0.716. The summed E-state index contributed by atoms with van der Waals surface area (Å²) in [6.45, 7) is 0. The molecule has 1 fully saturated rings. The molecule has 1 aliphatic carbocycles. The van der Waals surface area contributed by atoms with Gasteiger partial charge in [-0.25, -0.2) is 4.79 Å². The van der Waals surface area contributed by atoms with Crippen LogP contribution >= 0.6 is 0 Å². The topological polar surface area (TPSA) is 84.2 Å². The minimum Gasteiger partial charge on any atom is -0.465 e. The number of amides is 1. The van der Waals surface area contributed by atoms with Gasteiger partial charge in [-0.2, -0.15) is 5.10 Å². The molecule has 1 aliphatic rings. The van der Waals surface area contributed by atoms with Crippen molar-refractivity contribution in [3.63, 3.8) is 0 Å². The number of rotatable bonds is 3. The molecule has 6 nitrogen and oxygen atoms in total. The van der Waals surface area contributed by atoms with Crippen LogP contribution in [0.2, 0.25) is 0 Å². The van der Waals surface area contributed by atoms with Crippen LogP contribution in [-0.4, -0.2) is 33.3 Å². The molecule has 0 aromatic carbocycles. The molecule has 2 rings (SSSR count). The Hall–Kier alpha value is -1.85. The minimum absolute atomic E-state index is 0.0105. The number of aldehydes is 1. The van der Waals surface area contributed by atoms with E-state index < -0.39 is 6.09 Å². The molecule has 0 unspecified atom stereocenters. The summed E-state index contributed by atoms with van der Waals surface area (Å²) in [7, 11) is 0. The van der Waals surface area contributed by atoms with Gasteiger partial charge in [0.1, 0.15) is 5.69 Å². The van der Waals surface area contributed by atoms with E-state index in [4.69, 9.17) is 5.11 Å². The van der Waals surface area contributed by atoms with Gasteiger partial charge in [0.2, 0.25) is 0 Å². The van der Waals surface area contributed by atoms with E-state index in [0.29, 0.717) is 12.0 Å². The summed E-state index contributed by atoms with van der Waals surface area (Å²) in [6.07, 6.45) is 2.90. The van der Waals surface area contributed by atoms with Gasteiger partial charge in [0.15, 0.2) is 6.29 Å². The van der Waals surface area contributed by atoms with Gasteiger partial charge in [-0.1, -0.05) is 0 Å². The monoisotopic (exact) mass is 209 g/mol. The van der Waals surface area contributed by atoms with E-state index in [1.807, 2.05) is 0 Å². The van der Waals surface area contributed by atoms with E-state index in [1.54, 1.807) is 16.9 Å². The maximum atomic E-state index is 10.4. The minimum atomic E-state index is -0.993. The summed E-state index contributed by atoms with van der Waals surface area (Å²) < 4.78 is 1.71. The predicted octanol–water partition coefficient (Wildman–Crippen LogP) is 0.667. The Balaban J connectivity index is 1.88. The molecule has 6 heteroatoms. The van der Waals surface area contributed by atoms with Crippen molar-refractivity contribution < 1.29 is 14.7 Å². The summed E-state index contributed by atoms with van der Waals surface area (Å²) >= 11 is 0. The fraction of sp³-hybridized carbons (Fsp3) is 0.444. The SMILES string of the molecule is O=Cc1ccn([C@H]2C[C@H](NC(=O)O)C2)n1. The molecule has 0 aliphatic heterocycles. The van der Waals surface area contributed by atoms with Crippen molar-refractivity contribution >= 4 is 12.4 Å². The van der Waals surface area contributed by atoms with Crippen LogP contribution in [0.5, 0.6) is 0 Å². The second kappa shape index (κ2) is 3.72. The highest BCUT2D eigenvalue weighted by atomic mass is 16.4. The molecule has 0 bridgehead atoms. The third-order valence-corrected chi connectivity index (χ3v) is 2.56. The molecular weight excluding hydrogens is 198 g/mol. The average molecular weight is 209 g/mol. The fourth-order valence-electron chi connectivity index (χ4n) is 1.72. The zero-order valence-corrected chi connectivity index (χ0v) is 7.96. The first-order valence-corrected chi connectivity index (χ1v) is 4.69. The predicted molar refractivity (Wildman–Crippen MR) is 50.8 cm³/mol. The lowest BCUT2D eigenvalue weighted by molar-refractivity contribution is 0.111. The molecule has 0 spiro atoms. The van der Waals surface area contributed by atoms with Gasteiger partial charge in [0, 0.05) is 12.2 Å². The third-order valence-electron chi connectivity index (χ3n) is 2.56. The molecule has 1 heterocycles. The van der Waals surface area contributed by atoms with Gasteiger partial charge in [-0.15, -0.1) is 0 Å². The van der Waals surface area contributed by atoms with Crippen molar-refractivity contribution in [1.82, 2.24) is 15.1 Å². The zero-order chi connectivity index (χ0) is 10.8. The van der Waals surface area contributed by atoms with E-state index in [-0.39, 0.29) is 12.1 Å². The molecule has 0 saturated heterocycles. The number of carbonyl (C=O) groups is 2. The Morgan fingerprint density at radius 1 is 1.67 bits per heavy atom. The van der Waals surface area contributed by atoms with Gasteiger partial charge in [-0.05, 0) is 18.9 Å². The highest BCUT2D eigenvalue weighted by Gasteiger charge is 2.31. The molecule has 2 N–H and O–H groups in total. The lowest BCUT2D eigenvalue weighted by Gasteiger charge is -2.34. The van der Waals surface area contributed by atoms with Crippen LogP contribution in [0.3, 0.4) is 0 Å². The fourth-order valence-corrected chi connectivity index (χ4v) is 1.72. The Bertz CT molecular complexity index is 382. The molecule has 1 aromatic heterocycles. The van der Waals surface area contributed by atoms with E-state index >= 15 is 0 Å². The lowest BCUT2D eigenvalue weighted by Crippen LogP contribution is -2.44. The van der Waals surface area contributed by atoms with Crippen LogP contribution in [0.4, 0.5) is 4.79 Å². The summed E-state index contributed by atoms with van der Waals surface area (Å²) in [4.78, 5) is 20.7. The molecule has 0 radical (unpaired) electrons. The number of carbonyl (C=O) groups excluding carboxylic acids is 1. The number of aromatic nitrogens is 2. The first kappa shape index (κ1) is 9.70. The third kappa shape index (κ3) is 1.98. The van der Waals surface area contributed by atoms with Crippen LogP contribution in [0.1, 0.15) is 29.4 Å². The molecule has 1 aromatic rings. The van der Waals surface area contributed by atoms with E-state index in [0.717, 1.165) is 12.8 Å². The largest absolute Gasteiger partial charge is 0.465 e. The van der Waals surface area contributed by atoms with Gasteiger partial charge < -0.3 is 10.4 Å². The van der Waals surface area contributed by atoms with Crippen LogP contribution < -0.4 is 5.32 Å². The first-order valence-electron chi connectivity index (χ1n) is 4.69. The van der Waals surface area contributed by atoms with E-state index in [2.05, 4.69) is 10.4 Å². The van der Waals surface area contributed by atoms with Gasteiger partial charge in [0.25, 0.3) is 0 Å². The highest BCUT2D eigenvalue weighted by molar-refractivity contribution is 5.71. The van der Waals surface area contributed by atoms with Crippen molar-refractivity contribution in [1.29, 1.82) is 0 Å². The van der Waals surface area contributed by atoms with Crippen LogP contribution in [0, 0.1) is 0 Å². The zero-order valence-electron chi connectivity index (χ0n) is 7.96. The Morgan fingerprint density at radius 2 is 2.40 bits per heavy atom. The van der Waals surface area contributed by atoms with Crippen molar-refractivity contribution in [3.05, 3.63) is 18.0 Å². The Labute approximate surface area is 85.9 Å². The van der Waals surface area contributed by atoms with Crippen molar-refractivity contribution in [3.8, 4) is 0 Å². The smallest absolute Gasteiger partial charge is 0.404 e. The molecule has 1 saturated carbocycles. The van der Waals surface area contributed by atoms with Crippen LogP contribution in [-0.2, 0) is 0 Å². The summed E-state index contributed by atoms with van der Waals surface area (Å²) in [5.74, 6) is 0. The Morgan fingerprint density at radius 3 is 2.93 bits per heavy atom. The number of hydrogen-bond acceptors (Lipinski definition) is 3. The second-order valence-corrected chi connectivity index (χ2v) is 3.61. The summed E-state index contributed by atoms with van der Waals surface area (Å²) in [5, 5.41) is 14.9. The Kier molecular flexibility index (Phi) is 2.40. The number of hydrogen-bond donors (Lipinski definition) is 2. The van der Waals surface area contributed by atoms with Gasteiger partial charge in [0.05, 0.1) is 6.04 Å². The van der Waals surface area contributed by atoms with Crippen LogP contribution in [0.15, 0.2) is 12.3 Å². The average Bonchev–Trinajstić information content (AvgIpc) is 2.58. The van der Waals surface area contributed by atoms with Gasteiger partial charge in [-0.3, -0.25) is 9.48 Å². The molecular formula is C9H11N3O3. The maximum absolute atomic E-state index is 10.4. The molecule has 80 valence electrons. The summed E-state index contributed by atoms with van der Waals surface area (Å²) in [6, 6.07) is 1.86. The molecule has 15 heavy (non-hydrogen) atoms. The second-order valence-electron chi connectivity index (χ2n) is 3.61. The number of nitrogens with zero attached hydrogens (tertiary/aromatic N) is 2. The van der Waals surface area contributed by atoms with Crippen LogP contribution in [0.25, 0.3) is 0 Å².